The normalized spacial score (nSPS) is 11.0. The molecule has 0 aliphatic carbocycles. The van der Waals surface area contributed by atoms with Crippen molar-refractivity contribution < 1.29 is 19.1 Å². The van der Waals surface area contributed by atoms with Gasteiger partial charge in [0, 0.05) is 23.3 Å². The van der Waals surface area contributed by atoms with Crippen molar-refractivity contribution in [3.63, 3.8) is 0 Å². The number of carbonyl (C=O) groups is 1. The summed E-state index contributed by atoms with van der Waals surface area (Å²) in [7, 11) is 0. The molecule has 0 atom stereocenters. The van der Waals surface area contributed by atoms with E-state index in [9.17, 15) is 25.0 Å². The Morgan fingerprint density at radius 3 is 2.54 bits per heavy atom. The summed E-state index contributed by atoms with van der Waals surface area (Å²) in [4.78, 5) is 33.1. The Kier molecular flexibility index (Phi) is 6.44. The number of amides is 1. The van der Waals surface area contributed by atoms with Gasteiger partial charge in [-0.05, 0) is 41.7 Å². The molecule has 0 spiro atoms. The number of nitrogens with zero attached hydrogens (tertiary/aromatic N) is 5. The molecule has 0 saturated heterocycles. The maximum absolute atomic E-state index is 12.4. The zero-order valence-corrected chi connectivity index (χ0v) is 18.3. The average Bonchev–Trinajstić information content (AvgIpc) is 3.46. The fourth-order valence-corrected chi connectivity index (χ4v) is 3.25. The van der Waals surface area contributed by atoms with Crippen molar-refractivity contribution in [3.8, 4) is 11.3 Å². The number of aryl methyl sites for hydroxylation is 1. The molecule has 1 amide bonds. The van der Waals surface area contributed by atoms with E-state index in [-0.39, 0.29) is 11.5 Å². The smallest absolute Gasteiger partial charge is 0.390 e. The van der Waals surface area contributed by atoms with Crippen molar-refractivity contribution in [2.24, 2.45) is 5.10 Å². The molecule has 1 N–H and O–H groups in total. The van der Waals surface area contributed by atoms with E-state index in [2.05, 4.69) is 15.6 Å². The number of benzene rings is 2. The molecule has 4 aromatic rings. The number of hydrogen-bond acceptors (Lipinski definition) is 8. The van der Waals surface area contributed by atoms with Crippen LogP contribution in [0, 0.1) is 27.2 Å². The molecule has 2 heterocycles. The van der Waals surface area contributed by atoms with Crippen molar-refractivity contribution >= 4 is 23.6 Å². The van der Waals surface area contributed by atoms with Crippen LogP contribution in [0.4, 0.5) is 11.5 Å². The summed E-state index contributed by atoms with van der Waals surface area (Å²) in [5.41, 5.74) is 4.73. The Bertz CT molecular complexity index is 1440. The topological polar surface area (TPSA) is 159 Å². The van der Waals surface area contributed by atoms with Crippen LogP contribution in [-0.4, -0.2) is 31.7 Å². The maximum atomic E-state index is 12.4. The molecule has 0 bridgehead atoms. The molecule has 12 nitrogen and oxygen atoms in total. The quantitative estimate of drug-likeness (QED) is 0.229. The molecule has 0 unspecified atom stereocenters. The highest BCUT2D eigenvalue weighted by molar-refractivity contribution is 5.94. The molecular formula is C23H18N6O6. The van der Waals surface area contributed by atoms with Crippen LogP contribution >= 0.6 is 0 Å². The van der Waals surface area contributed by atoms with Gasteiger partial charge in [-0.3, -0.25) is 14.9 Å². The van der Waals surface area contributed by atoms with Crippen LogP contribution in [-0.2, 0) is 6.54 Å². The van der Waals surface area contributed by atoms with Gasteiger partial charge < -0.3 is 14.5 Å². The molecule has 2 aromatic heterocycles. The summed E-state index contributed by atoms with van der Waals surface area (Å²) in [5.74, 6) is 0.120. The number of hydrazone groups is 1. The number of rotatable bonds is 8. The van der Waals surface area contributed by atoms with Crippen LogP contribution in [0.25, 0.3) is 11.3 Å². The third-order valence-electron chi connectivity index (χ3n) is 5.03. The number of nitro groups is 2. The highest BCUT2D eigenvalue weighted by Crippen LogP contribution is 2.25. The first-order valence-electron chi connectivity index (χ1n) is 10.3. The molecule has 0 fully saturated rings. The summed E-state index contributed by atoms with van der Waals surface area (Å²) < 4.78 is 7.13. The van der Waals surface area contributed by atoms with Crippen molar-refractivity contribution in [1.82, 2.24) is 15.2 Å². The summed E-state index contributed by atoms with van der Waals surface area (Å²) in [6, 6.07) is 17.4. The molecular weight excluding hydrogens is 456 g/mol. The molecule has 0 aliphatic heterocycles. The second-order valence-electron chi connectivity index (χ2n) is 7.46. The minimum Gasteiger partial charge on any atom is -0.455 e. The van der Waals surface area contributed by atoms with Crippen LogP contribution in [0.5, 0.6) is 0 Å². The zero-order chi connectivity index (χ0) is 24.9. The summed E-state index contributed by atoms with van der Waals surface area (Å²) in [5, 5.41) is 29.6. The largest absolute Gasteiger partial charge is 0.455 e. The van der Waals surface area contributed by atoms with E-state index in [1.165, 1.54) is 29.1 Å². The number of carbonyl (C=O) groups excluding carboxylic acids is 1. The lowest BCUT2D eigenvalue weighted by Gasteiger charge is -2.03. The van der Waals surface area contributed by atoms with Gasteiger partial charge in [0.05, 0.1) is 34.5 Å². The number of hydrogen-bond donors (Lipinski definition) is 1. The Morgan fingerprint density at radius 1 is 1.09 bits per heavy atom. The number of aromatic nitrogens is 2. The van der Waals surface area contributed by atoms with Gasteiger partial charge in [0.25, 0.3) is 11.6 Å². The summed E-state index contributed by atoms with van der Waals surface area (Å²) in [6.07, 6.45) is 1.32. The third kappa shape index (κ3) is 5.45. The van der Waals surface area contributed by atoms with Crippen molar-refractivity contribution in [1.29, 1.82) is 0 Å². The standard InChI is InChI=1S/C23H18N6O6/c1-15-11-22(29(33)34)26-27(15)14-16-5-7-17(8-6-16)23(30)25-24-13-20-9-10-21(35-20)18-3-2-4-19(12-18)28(31)32/h2-13H,14H2,1H3,(H,25,30)/b24-13+. The highest BCUT2D eigenvalue weighted by atomic mass is 16.6. The number of non-ortho nitro benzene ring substituents is 1. The number of furan rings is 1. The van der Waals surface area contributed by atoms with Crippen LogP contribution < -0.4 is 5.43 Å². The van der Waals surface area contributed by atoms with E-state index in [1.807, 2.05) is 0 Å². The number of nitrogens with one attached hydrogen (secondary N) is 1. The predicted octanol–water partition coefficient (Wildman–Crippen LogP) is 4.08. The van der Waals surface area contributed by atoms with E-state index >= 15 is 0 Å². The van der Waals surface area contributed by atoms with Crippen molar-refractivity contribution in [3.05, 3.63) is 110 Å². The van der Waals surface area contributed by atoms with Gasteiger partial charge in [-0.25, -0.2) is 5.43 Å². The highest BCUT2D eigenvalue weighted by Gasteiger charge is 2.15. The van der Waals surface area contributed by atoms with Gasteiger partial charge in [-0.15, -0.1) is 0 Å². The summed E-state index contributed by atoms with van der Waals surface area (Å²) in [6.45, 7) is 2.05. The van der Waals surface area contributed by atoms with Gasteiger partial charge in [0.1, 0.15) is 11.5 Å². The van der Waals surface area contributed by atoms with Crippen molar-refractivity contribution in [2.75, 3.05) is 0 Å². The molecule has 12 heteroatoms. The molecule has 176 valence electrons. The van der Waals surface area contributed by atoms with Gasteiger partial charge in [-0.1, -0.05) is 24.3 Å². The Balaban J connectivity index is 1.36. The van der Waals surface area contributed by atoms with Gasteiger partial charge in [-0.2, -0.15) is 9.78 Å². The van der Waals surface area contributed by atoms with Gasteiger partial charge >= 0.3 is 5.82 Å². The Labute approximate surface area is 197 Å². The van der Waals surface area contributed by atoms with E-state index in [0.29, 0.717) is 34.9 Å². The second-order valence-corrected chi connectivity index (χ2v) is 7.46. The Hall–Kier alpha value is -5.13. The monoisotopic (exact) mass is 474 g/mol. The van der Waals surface area contributed by atoms with Gasteiger partial charge in [0.2, 0.25) is 0 Å². The van der Waals surface area contributed by atoms with E-state index in [4.69, 9.17) is 4.42 Å². The van der Waals surface area contributed by atoms with Crippen LogP contribution in [0.1, 0.15) is 27.4 Å². The van der Waals surface area contributed by atoms with Crippen LogP contribution in [0.2, 0.25) is 0 Å². The third-order valence-corrected chi connectivity index (χ3v) is 5.03. The van der Waals surface area contributed by atoms with Gasteiger partial charge in [0.15, 0.2) is 0 Å². The average molecular weight is 474 g/mol. The minimum absolute atomic E-state index is 0.0477. The number of nitro benzene ring substituents is 1. The molecule has 0 aliphatic rings. The fourth-order valence-electron chi connectivity index (χ4n) is 3.25. The molecule has 35 heavy (non-hydrogen) atoms. The van der Waals surface area contributed by atoms with Crippen molar-refractivity contribution in [2.45, 2.75) is 13.5 Å². The lowest BCUT2D eigenvalue weighted by Crippen LogP contribution is -2.17. The lowest BCUT2D eigenvalue weighted by molar-refractivity contribution is -0.389. The van der Waals surface area contributed by atoms with E-state index in [0.717, 1.165) is 5.56 Å². The van der Waals surface area contributed by atoms with Crippen LogP contribution in [0.3, 0.4) is 0 Å². The van der Waals surface area contributed by atoms with E-state index in [1.54, 1.807) is 55.5 Å². The first-order valence-corrected chi connectivity index (χ1v) is 10.3. The first-order chi connectivity index (χ1) is 16.8. The molecule has 0 saturated carbocycles. The molecule has 4 rings (SSSR count). The second kappa shape index (κ2) is 9.79. The Morgan fingerprint density at radius 2 is 1.86 bits per heavy atom. The molecule has 2 aromatic carbocycles. The minimum atomic E-state index is -0.547. The maximum Gasteiger partial charge on any atom is 0.390 e. The summed E-state index contributed by atoms with van der Waals surface area (Å²) >= 11 is 0. The van der Waals surface area contributed by atoms with E-state index < -0.39 is 15.8 Å². The SMILES string of the molecule is Cc1cc([N+](=O)[O-])nn1Cc1ccc(C(=O)N/N=C/c2ccc(-c3cccc([N+](=O)[O-])c3)o2)cc1. The predicted molar refractivity (Wildman–Crippen MR) is 125 cm³/mol. The zero-order valence-electron chi connectivity index (χ0n) is 18.3. The fraction of sp³-hybridized carbons (Fsp3) is 0.0870. The lowest BCUT2D eigenvalue weighted by atomic mass is 10.1. The molecule has 0 radical (unpaired) electrons. The van der Waals surface area contributed by atoms with Crippen LogP contribution in [0.15, 0.2) is 76.2 Å². The first kappa shape index (κ1) is 23.0.